The summed E-state index contributed by atoms with van der Waals surface area (Å²) in [5, 5.41) is 0. The van der Waals surface area contributed by atoms with E-state index in [0.717, 1.165) is 5.69 Å². The number of anilines is 1. The summed E-state index contributed by atoms with van der Waals surface area (Å²) in [5.41, 5.74) is 6.68. The zero-order valence-corrected chi connectivity index (χ0v) is 25.9. The van der Waals surface area contributed by atoms with Gasteiger partial charge in [0.15, 0.2) is 0 Å². The van der Waals surface area contributed by atoms with Gasteiger partial charge in [-0.05, 0) is 45.9 Å². The van der Waals surface area contributed by atoms with Crippen LogP contribution in [0.1, 0.15) is 115 Å². The topological polar surface area (TPSA) is 23.3 Å². The van der Waals surface area contributed by atoms with Crippen LogP contribution >= 0.6 is 9.19 Å². The molecule has 0 aliphatic carbocycles. The number of halogens is 1. The number of hydrogen-bond acceptors (Lipinski definition) is 1. The molecule has 0 unspecified atom stereocenters. The minimum absolute atomic E-state index is 0.113. The minimum atomic E-state index is -0.540. The number of carbonyl (C=O) groups excluding carboxylic acids is 1. The van der Waals surface area contributed by atoms with Gasteiger partial charge in [0.05, 0.1) is 23.3 Å². The zero-order valence-electron chi connectivity index (χ0n) is 23.0. The number of nitrogens with zero attached hydrogens (tertiary/aromatic N) is 2. The summed E-state index contributed by atoms with van der Waals surface area (Å²) in [5.74, 6) is 1.48. The molecule has 3 nitrogen and oxygen atoms in total. The second-order valence-corrected chi connectivity index (χ2v) is 11.4. The van der Waals surface area contributed by atoms with Gasteiger partial charge in [0.1, 0.15) is 0 Å². The Morgan fingerprint density at radius 1 is 0.800 bits per heavy atom. The quantitative estimate of drug-likeness (QED) is 0.171. The number of carbonyl (C=O) groups is 1. The molecule has 0 fully saturated rings. The van der Waals surface area contributed by atoms with E-state index in [4.69, 9.17) is 0 Å². The molecule has 0 spiro atoms. The van der Waals surface area contributed by atoms with Crippen LogP contribution in [0.5, 0.6) is 0 Å². The van der Waals surface area contributed by atoms with E-state index in [2.05, 4.69) is 126 Å². The molecule has 35 heavy (non-hydrogen) atoms. The molecule has 0 radical (unpaired) electrons. The van der Waals surface area contributed by atoms with Crippen LogP contribution in [0.3, 0.4) is 0 Å². The van der Waals surface area contributed by atoms with Gasteiger partial charge >= 0.3 is 29.2 Å². The molecule has 0 bridgehead atoms. The molecule has 5 heteroatoms. The third kappa shape index (κ3) is 6.31. The third-order valence-electron chi connectivity index (χ3n) is 6.73. The molecule has 2 aromatic carbocycles. The first-order chi connectivity index (χ1) is 16.4. The van der Waals surface area contributed by atoms with Crippen molar-refractivity contribution in [2.45, 2.75) is 92.9 Å². The summed E-state index contributed by atoms with van der Waals surface area (Å²) in [4.78, 5) is 15.7. The molecular weight excluding hydrogens is 637 g/mol. The number of rotatable bonds is 6. The second kappa shape index (κ2) is 12.2. The Kier molecular flexibility index (Phi) is 10.4. The normalized spacial score (nSPS) is 15.6. The van der Waals surface area contributed by atoms with Crippen LogP contribution in [-0.2, 0) is 24.8 Å². The van der Waals surface area contributed by atoms with E-state index >= 15 is 0 Å². The van der Waals surface area contributed by atoms with Crippen molar-refractivity contribution >= 4 is 32.8 Å². The molecule has 0 aromatic heterocycles. The Bertz CT molecular complexity index is 1020. The van der Waals surface area contributed by atoms with Gasteiger partial charge in [0.2, 0.25) is 12.2 Å². The summed E-state index contributed by atoms with van der Waals surface area (Å²) in [7, 11) is 4.58. The maximum absolute atomic E-state index is 13.8. The van der Waals surface area contributed by atoms with Crippen molar-refractivity contribution in [1.82, 2.24) is 0 Å². The first-order valence-electron chi connectivity index (χ1n) is 12.6. The fourth-order valence-corrected chi connectivity index (χ4v) is 4.84. The van der Waals surface area contributed by atoms with E-state index < -0.39 is 5.41 Å². The van der Waals surface area contributed by atoms with Gasteiger partial charge in [-0.15, -0.1) is 0 Å². The van der Waals surface area contributed by atoms with Crippen LogP contribution in [0.25, 0.3) is 0 Å². The van der Waals surface area contributed by atoms with Crippen molar-refractivity contribution in [3.8, 4) is 0 Å². The average Bonchev–Trinajstić information content (AvgIpc) is 2.80. The van der Waals surface area contributed by atoms with Crippen LogP contribution in [-0.4, -0.2) is 23.4 Å². The zero-order chi connectivity index (χ0) is 26.7. The van der Waals surface area contributed by atoms with Crippen LogP contribution in [0, 0.1) is 5.41 Å². The van der Waals surface area contributed by atoms with Crippen LogP contribution in [0.4, 0.5) is 11.4 Å². The molecule has 0 N–H and O–H groups in total. The predicted octanol–water partition coefficient (Wildman–Crippen LogP) is 8.49. The molecule has 1 heterocycles. The molecule has 0 saturated carbocycles. The Morgan fingerprint density at radius 2 is 1.17 bits per heavy atom. The molecule has 3 rings (SSSR count). The standard InChI is InChI=1S/C30H42N2O.Au.ClH/c1-19(2)23-13-11-14-24(20(3)4)27(23)31-17-30(9,10)29(33)32(18-31)28-25(21(5)6)15-12-16-26(28)22(7)8;;/h11-16,19-22H,17H2,1-10H3;;1H/q;+1;/p-1. The Morgan fingerprint density at radius 3 is 1.54 bits per heavy atom. The second-order valence-electron chi connectivity index (χ2n) is 11.4. The summed E-state index contributed by atoms with van der Waals surface area (Å²) >= 11 is 1.75. The van der Waals surface area contributed by atoms with Crippen molar-refractivity contribution in [3.05, 3.63) is 58.7 Å². The molecule has 0 saturated heterocycles. The van der Waals surface area contributed by atoms with Crippen LogP contribution in [0.15, 0.2) is 36.4 Å². The fourth-order valence-electron chi connectivity index (χ4n) is 4.84. The number of para-hydroxylation sites is 2. The number of amides is 1. The number of hydrogen-bond donors (Lipinski definition) is 0. The first-order valence-corrected chi connectivity index (χ1v) is 15.3. The summed E-state index contributed by atoms with van der Waals surface area (Å²) in [6.07, 6.45) is 3.59. The van der Waals surface area contributed by atoms with Crippen molar-refractivity contribution in [2.24, 2.45) is 5.41 Å². The summed E-state index contributed by atoms with van der Waals surface area (Å²) in [6.45, 7) is 22.5. The van der Waals surface area contributed by atoms with Crippen molar-refractivity contribution in [2.75, 3.05) is 11.4 Å². The molecule has 2 aromatic rings. The molecule has 0 atom stereocenters. The van der Waals surface area contributed by atoms with Crippen molar-refractivity contribution in [1.29, 1.82) is 0 Å². The molecule has 1 amide bonds. The van der Waals surface area contributed by atoms with Crippen LogP contribution < -0.4 is 4.90 Å². The maximum atomic E-state index is 13.8. The fraction of sp³-hybridized carbons (Fsp3) is 0.533. The van der Waals surface area contributed by atoms with Crippen molar-refractivity contribution < 1.29 is 29.4 Å². The molecule has 1 aliphatic rings. The van der Waals surface area contributed by atoms with Gasteiger partial charge in [-0.3, -0.25) is 4.90 Å². The molecule has 1 aliphatic heterocycles. The van der Waals surface area contributed by atoms with Gasteiger partial charge < -0.3 is 9.37 Å². The van der Waals surface area contributed by atoms with Gasteiger partial charge in [-0.25, -0.2) is 0 Å². The van der Waals surface area contributed by atoms with Crippen molar-refractivity contribution in [3.63, 3.8) is 0 Å². The van der Waals surface area contributed by atoms with Gasteiger partial charge in [0.25, 0.3) is 0 Å². The van der Waals surface area contributed by atoms with Gasteiger partial charge in [-0.1, -0.05) is 106 Å². The van der Waals surface area contributed by atoms with E-state index in [1.807, 2.05) is 4.90 Å². The SMILES string of the molecule is CC(C)c1cccc(C(C)C)c1N1[C-]=[N+](c2c(C(C)C)cccc2C(C)C)CC(C)(C)C1=O.[Cl][Au]. The van der Waals surface area contributed by atoms with Gasteiger partial charge in [-0.2, -0.15) is 0 Å². The van der Waals surface area contributed by atoms with E-state index in [9.17, 15) is 4.79 Å². The van der Waals surface area contributed by atoms with Crippen LogP contribution in [0.2, 0.25) is 0 Å². The Hall–Kier alpha value is -1.39. The summed E-state index contributed by atoms with van der Waals surface area (Å²) < 4.78 is 2.23. The predicted molar refractivity (Wildman–Crippen MR) is 146 cm³/mol. The van der Waals surface area contributed by atoms with E-state index in [1.54, 1.807) is 20.0 Å². The van der Waals surface area contributed by atoms with E-state index in [0.29, 0.717) is 30.2 Å². The number of benzene rings is 2. The summed E-state index contributed by atoms with van der Waals surface area (Å²) in [6, 6.07) is 13.1. The molecule has 196 valence electrons. The third-order valence-corrected chi connectivity index (χ3v) is 6.73. The Balaban J connectivity index is 0.00000210. The average molecular weight is 679 g/mol. The monoisotopic (exact) mass is 678 g/mol. The first kappa shape index (κ1) is 29.8. The Labute approximate surface area is 229 Å². The van der Waals surface area contributed by atoms with E-state index in [-0.39, 0.29) is 5.91 Å². The van der Waals surface area contributed by atoms with E-state index in [1.165, 1.54) is 27.9 Å². The van der Waals surface area contributed by atoms with Gasteiger partial charge in [0, 0.05) is 0 Å². The molecular formula is C30H42AuClN2O.